The van der Waals surface area contributed by atoms with Gasteiger partial charge in [0, 0.05) is 27.5 Å². The maximum absolute atomic E-state index is 6.30. The largest absolute Gasteiger partial charge is 0.456 e. The second-order valence-electron chi connectivity index (χ2n) is 16.6. The second-order valence-corrected chi connectivity index (χ2v) is 16.6. The zero-order chi connectivity index (χ0) is 42.1. The lowest BCUT2D eigenvalue weighted by molar-refractivity contribution is 0.669. The Morgan fingerprint density at radius 1 is 0.540 bits per heavy atom. The maximum Gasteiger partial charge on any atom is 0.164 e. The standard InChI is InChI=1S/C59H41N3O/c1-3-4-22-45-44-25-10-14-30-51(44)59(49-28-12-8-23-42(49)43-24-9-13-29-50(43)59)55(45)48-36-40(34-33-37(48)2)39-20-16-21-41(35-39)57-60-56(38-18-6-5-7-19-38)61-58(62-57)47-27-17-32-53-54(47)46-26-11-15-31-52(46)63-53/h3-37H,1-2H3/b4-3-,45-22+,55-48-. The van der Waals surface area contributed by atoms with Crippen LogP contribution in [0.5, 0.6) is 0 Å². The molecule has 7 aromatic carbocycles. The number of hydrogen-bond donors (Lipinski definition) is 0. The molecule has 0 N–H and O–H groups in total. The monoisotopic (exact) mass is 807 g/mol. The highest BCUT2D eigenvalue weighted by molar-refractivity contribution is 6.12. The molecule has 0 saturated heterocycles. The number of allylic oxidation sites excluding steroid dienone is 10. The summed E-state index contributed by atoms with van der Waals surface area (Å²) in [6.07, 6.45) is 13.7. The number of rotatable bonds is 5. The Kier molecular flexibility index (Phi) is 8.55. The molecule has 0 saturated carbocycles. The number of para-hydroxylation sites is 1. The van der Waals surface area contributed by atoms with Gasteiger partial charge in [0.15, 0.2) is 17.5 Å². The van der Waals surface area contributed by atoms with Crippen molar-refractivity contribution in [2.75, 3.05) is 0 Å². The average molecular weight is 808 g/mol. The van der Waals surface area contributed by atoms with Crippen molar-refractivity contribution in [1.82, 2.24) is 15.0 Å². The van der Waals surface area contributed by atoms with Crippen LogP contribution in [0.2, 0.25) is 0 Å². The van der Waals surface area contributed by atoms with Crippen LogP contribution in [0, 0.1) is 5.92 Å². The van der Waals surface area contributed by atoms with E-state index in [1.54, 1.807) is 0 Å². The van der Waals surface area contributed by atoms with E-state index in [1.807, 2.05) is 48.5 Å². The van der Waals surface area contributed by atoms with Crippen LogP contribution < -0.4 is 0 Å². The summed E-state index contributed by atoms with van der Waals surface area (Å²) in [6.45, 7) is 4.43. The molecule has 298 valence electrons. The number of furan rings is 1. The summed E-state index contributed by atoms with van der Waals surface area (Å²) >= 11 is 0. The van der Waals surface area contributed by atoms with E-state index >= 15 is 0 Å². The number of nitrogens with zero attached hydrogens (tertiary/aromatic N) is 3. The van der Waals surface area contributed by atoms with Gasteiger partial charge in [-0.25, -0.2) is 15.0 Å². The van der Waals surface area contributed by atoms with Crippen LogP contribution >= 0.6 is 0 Å². The Balaban J connectivity index is 1.06. The van der Waals surface area contributed by atoms with Crippen LogP contribution in [0.4, 0.5) is 0 Å². The predicted molar refractivity (Wildman–Crippen MR) is 258 cm³/mol. The first-order chi connectivity index (χ1) is 31.1. The van der Waals surface area contributed by atoms with Gasteiger partial charge in [-0.1, -0.05) is 195 Å². The van der Waals surface area contributed by atoms with Gasteiger partial charge in [-0.2, -0.15) is 0 Å². The van der Waals surface area contributed by atoms with Crippen molar-refractivity contribution < 1.29 is 4.42 Å². The Morgan fingerprint density at radius 2 is 1.11 bits per heavy atom. The van der Waals surface area contributed by atoms with E-state index in [1.165, 1.54) is 50.1 Å². The first kappa shape index (κ1) is 36.9. The highest BCUT2D eigenvalue weighted by atomic mass is 16.3. The smallest absolute Gasteiger partial charge is 0.164 e. The van der Waals surface area contributed by atoms with Crippen LogP contribution in [0.3, 0.4) is 0 Å². The third-order valence-corrected chi connectivity index (χ3v) is 13.1. The molecule has 3 aliphatic carbocycles. The molecule has 3 aliphatic rings. The number of hydrogen-bond acceptors (Lipinski definition) is 4. The molecule has 9 aromatic rings. The zero-order valence-electron chi connectivity index (χ0n) is 35.0. The van der Waals surface area contributed by atoms with Gasteiger partial charge in [0.1, 0.15) is 11.2 Å². The minimum Gasteiger partial charge on any atom is -0.456 e. The highest BCUT2D eigenvalue weighted by Gasteiger charge is 2.54. The Labute approximate surface area is 366 Å². The van der Waals surface area contributed by atoms with Gasteiger partial charge in [0.25, 0.3) is 0 Å². The number of aromatic nitrogens is 3. The first-order valence-electron chi connectivity index (χ1n) is 21.7. The Morgan fingerprint density at radius 3 is 1.87 bits per heavy atom. The van der Waals surface area contributed by atoms with Gasteiger partial charge in [-0.15, -0.1) is 0 Å². The van der Waals surface area contributed by atoms with Crippen molar-refractivity contribution in [1.29, 1.82) is 0 Å². The van der Waals surface area contributed by atoms with E-state index in [0.29, 0.717) is 17.5 Å². The summed E-state index contributed by atoms with van der Waals surface area (Å²) in [5, 5.41) is 2.02. The fourth-order valence-electron chi connectivity index (χ4n) is 10.4. The normalized spacial score (nSPS) is 17.8. The van der Waals surface area contributed by atoms with E-state index in [0.717, 1.165) is 49.8 Å². The summed E-state index contributed by atoms with van der Waals surface area (Å²) in [6, 6.07) is 60.2. The molecule has 0 fully saturated rings. The molecule has 0 amide bonds. The molecular weight excluding hydrogens is 767 g/mol. The van der Waals surface area contributed by atoms with Crippen LogP contribution in [-0.2, 0) is 5.41 Å². The highest BCUT2D eigenvalue weighted by Crippen LogP contribution is 2.65. The van der Waals surface area contributed by atoms with Crippen molar-refractivity contribution in [2.24, 2.45) is 5.92 Å². The minimum absolute atomic E-state index is 0.160. The van der Waals surface area contributed by atoms with Gasteiger partial charge in [0.2, 0.25) is 0 Å². The van der Waals surface area contributed by atoms with Crippen LogP contribution in [0.1, 0.15) is 41.7 Å². The Bertz CT molecular complexity index is 3440. The van der Waals surface area contributed by atoms with Gasteiger partial charge in [0.05, 0.1) is 5.41 Å². The molecule has 0 aliphatic heterocycles. The average Bonchev–Trinajstić information content (AvgIpc) is 3.98. The Hall–Kier alpha value is -7.95. The lowest BCUT2D eigenvalue weighted by Crippen LogP contribution is -2.28. The van der Waals surface area contributed by atoms with E-state index < -0.39 is 5.41 Å². The van der Waals surface area contributed by atoms with Crippen LogP contribution in [0.25, 0.3) is 78.4 Å². The lowest BCUT2D eigenvalue weighted by Gasteiger charge is -2.34. The van der Waals surface area contributed by atoms with Crippen molar-refractivity contribution in [3.05, 3.63) is 245 Å². The summed E-state index contributed by atoms with van der Waals surface area (Å²) in [7, 11) is 0. The molecule has 4 heteroatoms. The third-order valence-electron chi connectivity index (χ3n) is 13.1. The summed E-state index contributed by atoms with van der Waals surface area (Å²) in [5.41, 5.74) is 17.9. The topological polar surface area (TPSA) is 51.8 Å². The molecule has 2 heterocycles. The molecular formula is C59H41N3O. The van der Waals surface area contributed by atoms with Crippen LogP contribution in [0.15, 0.2) is 222 Å². The maximum atomic E-state index is 6.30. The molecule has 1 unspecified atom stereocenters. The fraction of sp³-hybridized carbons (Fsp3) is 0.0678. The number of fused-ring (bicyclic) bond motifs is 10. The van der Waals surface area contributed by atoms with Crippen molar-refractivity contribution in [3.8, 4) is 45.3 Å². The molecule has 12 rings (SSSR count). The van der Waals surface area contributed by atoms with Gasteiger partial charge in [-0.3, -0.25) is 0 Å². The molecule has 63 heavy (non-hydrogen) atoms. The molecule has 2 aromatic heterocycles. The zero-order valence-corrected chi connectivity index (χ0v) is 35.0. The molecule has 0 radical (unpaired) electrons. The van der Waals surface area contributed by atoms with E-state index in [2.05, 4.69) is 172 Å². The number of benzene rings is 7. The quantitative estimate of drug-likeness (QED) is 0.174. The summed E-state index contributed by atoms with van der Waals surface area (Å²) in [4.78, 5) is 15.5. The molecule has 1 spiro atoms. The van der Waals surface area contributed by atoms with Gasteiger partial charge in [-0.05, 0) is 92.3 Å². The van der Waals surface area contributed by atoms with Crippen molar-refractivity contribution in [3.63, 3.8) is 0 Å². The van der Waals surface area contributed by atoms with Crippen molar-refractivity contribution in [2.45, 2.75) is 19.3 Å². The molecule has 1 atom stereocenters. The second kappa shape index (κ2) is 14.6. The van der Waals surface area contributed by atoms with Gasteiger partial charge >= 0.3 is 0 Å². The first-order valence-corrected chi connectivity index (χ1v) is 21.7. The molecule has 0 bridgehead atoms. The van der Waals surface area contributed by atoms with Crippen molar-refractivity contribution >= 4 is 33.1 Å². The summed E-state index contributed by atoms with van der Waals surface area (Å²) in [5.74, 6) is 1.99. The lowest BCUT2D eigenvalue weighted by atomic mass is 9.67. The minimum atomic E-state index is -0.478. The SMILES string of the molecule is C\C=C/C=C1/C(=C2\C=C(c3cccc(-c4nc(-c5ccccc5)nc(-c5cccc6oc7ccccc7c56)n4)c3)C=CC2C)C2(c3ccccc31)c1ccccc1-c1ccccc12. The van der Waals surface area contributed by atoms with E-state index in [-0.39, 0.29) is 5.92 Å². The predicted octanol–water partition coefficient (Wildman–Crippen LogP) is 14.6. The third kappa shape index (κ3) is 5.65. The van der Waals surface area contributed by atoms with Crippen LogP contribution in [-0.4, -0.2) is 15.0 Å². The van der Waals surface area contributed by atoms with E-state index in [4.69, 9.17) is 19.4 Å². The molecule has 4 nitrogen and oxygen atoms in total. The fourth-order valence-corrected chi connectivity index (χ4v) is 10.4. The van der Waals surface area contributed by atoms with Gasteiger partial charge < -0.3 is 4.42 Å². The summed E-state index contributed by atoms with van der Waals surface area (Å²) < 4.78 is 6.30. The van der Waals surface area contributed by atoms with E-state index in [9.17, 15) is 0 Å².